The van der Waals surface area contributed by atoms with Crippen LogP contribution in [0.25, 0.3) is 0 Å². The number of carbonyl (C=O) groups is 2. The average molecular weight is 213 g/mol. The van der Waals surface area contributed by atoms with Crippen LogP contribution in [-0.2, 0) is 14.3 Å². The highest BCUT2D eigenvalue weighted by atomic mass is 16.5. The molecule has 0 aromatic carbocycles. The van der Waals surface area contributed by atoms with Gasteiger partial charge in [-0.1, -0.05) is 0 Å². The lowest BCUT2D eigenvalue weighted by Crippen LogP contribution is -2.36. The Hall–Kier alpha value is -0.900. The monoisotopic (exact) mass is 213 g/mol. The molecule has 1 saturated heterocycles. The van der Waals surface area contributed by atoms with E-state index < -0.39 is 0 Å². The third kappa shape index (κ3) is 3.63. The summed E-state index contributed by atoms with van der Waals surface area (Å²) in [5.41, 5.74) is 0. The van der Waals surface area contributed by atoms with Crippen LogP contribution in [0.15, 0.2) is 0 Å². The summed E-state index contributed by atoms with van der Waals surface area (Å²) in [6.07, 6.45) is 2.89. The number of methoxy groups -OCH3 is 1. The van der Waals surface area contributed by atoms with E-state index >= 15 is 0 Å². The second kappa shape index (κ2) is 5.85. The summed E-state index contributed by atoms with van der Waals surface area (Å²) in [7, 11) is 1.59. The molecule has 86 valence electrons. The predicted octanol–water partition coefficient (Wildman–Crippen LogP) is 0.993. The molecule has 1 amide bonds. The molecule has 1 aliphatic rings. The van der Waals surface area contributed by atoms with Crippen molar-refractivity contribution in [1.29, 1.82) is 0 Å². The van der Waals surface area contributed by atoms with Crippen LogP contribution in [0.1, 0.15) is 32.6 Å². The van der Waals surface area contributed by atoms with Crippen molar-refractivity contribution in [2.75, 3.05) is 20.3 Å². The molecule has 0 radical (unpaired) electrons. The van der Waals surface area contributed by atoms with Crippen molar-refractivity contribution in [2.45, 2.75) is 38.6 Å². The Morgan fingerprint density at radius 3 is 2.80 bits per heavy atom. The summed E-state index contributed by atoms with van der Waals surface area (Å²) in [5, 5.41) is 0. The van der Waals surface area contributed by atoms with E-state index in [2.05, 4.69) is 0 Å². The van der Waals surface area contributed by atoms with Crippen molar-refractivity contribution in [1.82, 2.24) is 4.90 Å². The zero-order valence-electron chi connectivity index (χ0n) is 9.49. The van der Waals surface area contributed by atoms with Crippen LogP contribution in [0.2, 0.25) is 0 Å². The fourth-order valence-electron chi connectivity index (χ4n) is 2.04. The molecule has 1 aliphatic heterocycles. The number of amides is 1. The van der Waals surface area contributed by atoms with Gasteiger partial charge in [-0.05, 0) is 19.8 Å². The molecule has 0 aromatic rings. The highest BCUT2D eigenvalue weighted by Crippen LogP contribution is 2.21. The second-order valence-corrected chi connectivity index (χ2v) is 4.03. The quantitative estimate of drug-likeness (QED) is 0.684. The van der Waals surface area contributed by atoms with E-state index in [9.17, 15) is 9.59 Å². The molecule has 0 saturated carbocycles. The number of hydrogen-bond donors (Lipinski definition) is 0. The fraction of sp³-hybridized carbons (Fsp3) is 0.818. The summed E-state index contributed by atoms with van der Waals surface area (Å²) in [5.74, 6) is 0.270. The van der Waals surface area contributed by atoms with Gasteiger partial charge in [-0.25, -0.2) is 0 Å². The predicted molar refractivity (Wildman–Crippen MR) is 56.5 cm³/mol. The maximum Gasteiger partial charge on any atom is 0.225 e. The molecule has 0 spiro atoms. The molecule has 0 N–H and O–H groups in total. The normalized spacial score (nSPS) is 20.7. The van der Waals surface area contributed by atoms with Gasteiger partial charge in [-0.2, -0.15) is 0 Å². The molecule has 0 aliphatic carbocycles. The average Bonchev–Trinajstić information content (AvgIpc) is 2.61. The van der Waals surface area contributed by atoms with Gasteiger partial charge >= 0.3 is 0 Å². The molecular formula is C11H19NO3. The van der Waals surface area contributed by atoms with Crippen LogP contribution in [0.5, 0.6) is 0 Å². The van der Waals surface area contributed by atoms with E-state index in [0.717, 1.165) is 19.4 Å². The maximum atomic E-state index is 11.7. The van der Waals surface area contributed by atoms with Gasteiger partial charge in [-0.15, -0.1) is 0 Å². The lowest BCUT2D eigenvalue weighted by molar-refractivity contribution is -0.133. The van der Waals surface area contributed by atoms with Crippen LogP contribution in [-0.4, -0.2) is 42.9 Å². The number of ketones is 1. The first kappa shape index (κ1) is 12.2. The molecular weight excluding hydrogens is 194 g/mol. The number of rotatable bonds is 5. The Kier molecular flexibility index (Phi) is 4.75. The smallest absolute Gasteiger partial charge is 0.225 e. The largest absolute Gasteiger partial charge is 0.384 e. The summed E-state index contributed by atoms with van der Waals surface area (Å²) >= 11 is 0. The van der Waals surface area contributed by atoms with E-state index in [1.165, 1.54) is 0 Å². The van der Waals surface area contributed by atoms with Gasteiger partial charge in [0.05, 0.1) is 13.0 Å². The molecule has 1 heterocycles. The minimum Gasteiger partial charge on any atom is -0.384 e. The first-order chi connectivity index (χ1) is 7.15. The number of hydrogen-bond acceptors (Lipinski definition) is 3. The lowest BCUT2D eigenvalue weighted by atomic mass is 10.1. The Labute approximate surface area is 90.6 Å². The summed E-state index contributed by atoms with van der Waals surface area (Å²) in [6.45, 7) is 2.83. The van der Waals surface area contributed by atoms with Crippen LogP contribution in [0, 0.1) is 0 Å². The topological polar surface area (TPSA) is 46.6 Å². The minimum atomic E-state index is 0.112. The Bertz CT molecular complexity index is 240. The Balaban J connectivity index is 2.44. The van der Waals surface area contributed by atoms with E-state index in [4.69, 9.17) is 4.74 Å². The van der Waals surface area contributed by atoms with Gasteiger partial charge in [-0.3, -0.25) is 9.59 Å². The van der Waals surface area contributed by atoms with E-state index in [1.807, 2.05) is 4.90 Å². The molecule has 15 heavy (non-hydrogen) atoms. The van der Waals surface area contributed by atoms with Crippen LogP contribution >= 0.6 is 0 Å². The van der Waals surface area contributed by atoms with Crippen molar-refractivity contribution in [3.8, 4) is 0 Å². The van der Waals surface area contributed by atoms with Crippen LogP contribution in [0.3, 0.4) is 0 Å². The van der Waals surface area contributed by atoms with E-state index in [0.29, 0.717) is 19.4 Å². The van der Waals surface area contributed by atoms with Gasteiger partial charge in [0.25, 0.3) is 0 Å². The Morgan fingerprint density at radius 1 is 1.47 bits per heavy atom. The van der Waals surface area contributed by atoms with Crippen LogP contribution < -0.4 is 0 Å². The number of carbonyl (C=O) groups excluding carboxylic acids is 2. The lowest BCUT2D eigenvalue weighted by Gasteiger charge is -2.23. The highest BCUT2D eigenvalue weighted by molar-refractivity contribution is 5.80. The third-order valence-corrected chi connectivity index (χ3v) is 2.74. The molecule has 1 unspecified atom stereocenters. The van der Waals surface area contributed by atoms with Crippen LogP contribution in [0.4, 0.5) is 0 Å². The van der Waals surface area contributed by atoms with Crippen molar-refractivity contribution in [2.24, 2.45) is 0 Å². The zero-order chi connectivity index (χ0) is 11.3. The summed E-state index contributed by atoms with van der Waals surface area (Å²) < 4.78 is 4.87. The number of Topliss-reactive ketones (excluding diaryl/α,β-unsaturated/α-hetero) is 1. The van der Waals surface area contributed by atoms with Gasteiger partial charge < -0.3 is 9.64 Å². The van der Waals surface area contributed by atoms with Gasteiger partial charge in [0.1, 0.15) is 5.78 Å². The number of nitrogens with zero attached hydrogens (tertiary/aromatic N) is 1. The first-order valence-corrected chi connectivity index (χ1v) is 5.43. The molecule has 4 heteroatoms. The molecule has 0 bridgehead atoms. The molecule has 0 aromatic heterocycles. The molecule has 1 rings (SSSR count). The molecule has 1 fully saturated rings. The number of likely N-dealkylation sites (tertiary alicyclic amines) is 1. The van der Waals surface area contributed by atoms with Crippen molar-refractivity contribution in [3.05, 3.63) is 0 Å². The van der Waals surface area contributed by atoms with Crippen molar-refractivity contribution >= 4 is 11.7 Å². The SMILES string of the molecule is COCCC(=O)N1CCCC1CC(C)=O. The molecule has 1 atom stereocenters. The number of ether oxygens (including phenoxy) is 1. The maximum absolute atomic E-state index is 11.7. The first-order valence-electron chi connectivity index (χ1n) is 5.43. The second-order valence-electron chi connectivity index (χ2n) is 4.03. The summed E-state index contributed by atoms with van der Waals surface area (Å²) in [4.78, 5) is 24.6. The minimum absolute atomic E-state index is 0.112. The highest BCUT2D eigenvalue weighted by Gasteiger charge is 2.28. The van der Waals surface area contributed by atoms with Crippen molar-refractivity contribution in [3.63, 3.8) is 0 Å². The van der Waals surface area contributed by atoms with E-state index in [-0.39, 0.29) is 17.7 Å². The Morgan fingerprint density at radius 2 is 2.20 bits per heavy atom. The molecule has 4 nitrogen and oxygen atoms in total. The van der Waals surface area contributed by atoms with Gasteiger partial charge in [0, 0.05) is 26.1 Å². The zero-order valence-corrected chi connectivity index (χ0v) is 9.49. The fourth-order valence-corrected chi connectivity index (χ4v) is 2.04. The standard InChI is InChI=1S/C11H19NO3/c1-9(13)8-10-4-3-6-12(10)11(14)5-7-15-2/h10H,3-8H2,1-2H3. The summed E-state index contributed by atoms with van der Waals surface area (Å²) in [6, 6.07) is 0.131. The van der Waals surface area contributed by atoms with E-state index in [1.54, 1.807) is 14.0 Å². The van der Waals surface area contributed by atoms with Gasteiger partial charge in [0.15, 0.2) is 0 Å². The van der Waals surface area contributed by atoms with Crippen molar-refractivity contribution < 1.29 is 14.3 Å². The third-order valence-electron chi connectivity index (χ3n) is 2.74. The van der Waals surface area contributed by atoms with Gasteiger partial charge in [0.2, 0.25) is 5.91 Å².